The Balaban J connectivity index is 0.00000208. The molecule has 2 aromatic rings. The molecule has 6 nitrogen and oxygen atoms in total. The van der Waals surface area contributed by atoms with Crippen LogP contribution in [0.2, 0.25) is 0 Å². The lowest BCUT2D eigenvalue weighted by molar-refractivity contribution is 0.349. The Kier molecular flexibility index (Phi) is 5.59. The second-order valence-corrected chi connectivity index (χ2v) is 8.15. The summed E-state index contributed by atoms with van der Waals surface area (Å²) in [5.74, 6) is 0.512. The molecule has 1 unspecified atom stereocenters. The summed E-state index contributed by atoms with van der Waals surface area (Å²) in [5.41, 5.74) is 6.45. The van der Waals surface area contributed by atoms with Crippen LogP contribution in [0.25, 0.3) is 11.4 Å². The number of nitrogens with two attached hydrogens (primary N) is 1. The van der Waals surface area contributed by atoms with Gasteiger partial charge in [-0.25, -0.2) is 18.4 Å². The van der Waals surface area contributed by atoms with E-state index in [2.05, 4.69) is 9.97 Å². The first-order valence-corrected chi connectivity index (χ1v) is 8.96. The van der Waals surface area contributed by atoms with Crippen molar-refractivity contribution in [1.29, 1.82) is 0 Å². The van der Waals surface area contributed by atoms with Crippen molar-refractivity contribution >= 4 is 22.4 Å². The number of halogens is 1. The molecule has 0 radical (unpaired) electrons. The summed E-state index contributed by atoms with van der Waals surface area (Å²) in [5, 5.41) is 0. The van der Waals surface area contributed by atoms with Gasteiger partial charge in [0.1, 0.15) is 4.90 Å². The molecule has 24 heavy (non-hydrogen) atoms. The molecule has 1 aliphatic rings. The van der Waals surface area contributed by atoms with Crippen LogP contribution >= 0.6 is 12.4 Å². The van der Waals surface area contributed by atoms with Crippen molar-refractivity contribution in [2.45, 2.75) is 18.2 Å². The lowest BCUT2D eigenvalue weighted by Crippen LogP contribution is -2.34. The molecule has 2 heterocycles. The van der Waals surface area contributed by atoms with Crippen molar-refractivity contribution in [1.82, 2.24) is 14.3 Å². The smallest absolute Gasteiger partial charge is 0.246 e. The number of aromatic nitrogens is 2. The average Bonchev–Trinajstić information content (AvgIpc) is 3.00. The van der Waals surface area contributed by atoms with Crippen molar-refractivity contribution in [3.05, 3.63) is 42.7 Å². The number of sulfonamides is 1. The van der Waals surface area contributed by atoms with Crippen molar-refractivity contribution in [3.63, 3.8) is 0 Å². The highest BCUT2D eigenvalue weighted by Crippen LogP contribution is 2.32. The van der Waals surface area contributed by atoms with Gasteiger partial charge in [-0.05, 0) is 18.4 Å². The van der Waals surface area contributed by atoms with Gasteiger partial charge in [0.2, 0.25) is 10.0 Å². The van der Waals surface area contributed by atoms with Crippen LogP contribution in [0.5, 0.6) is 0 Å². The molecule has 3 rings (SSSR count). The topological polar surface area (TPSA) is 89.2 Å². The highest BCUT2D eigenvalue weighted by Gasteiger charge is 2.39. The van der Waals surface area contributed by atoms with Gasteiger partial charge in [0.25, 0.3) is 0 Å². The summed E-state index contributed by atoms with van der Waals surface area (Å²) >= 11 is 0. The third-order valence-corrected chi connectivity index (χ3v) is 6.11. The van der Waals surface area contributed by atoms with Crippen LogP contribution in [0, 0.1) is 5.41 Å². The molecule has 0 aliphatic carbocycles. The van der Waals surface area contributed by atoms with E-state index in [0.717, 1.165) is 12.0 Å². The number of hydrogen-bond acceptors (Lipinski definition) is 5. The fraction of sp³-hybridized carbons (Fsp3) is 0.375. The Morgan fingerprint density at radius 2 is 1.83 bits per heavy atom. The highest BCUT2D eigenvalue weighted by atomic mass is 35.5. The Labute approximate surface area is 148 Å². The maximum atomic E-state index is 12.7. The Morgan fingerprint density at radius 3 is 2.38 bits per heavy atom. The predicted octanol–water partition coefficient (Wildman–Crippen LogP) is 1.92. The summed E-state index contributed by atoms with van der Waals surface area (Å²) in [6.45, 7) is 3.41. The van der Waals surface area contributed by atoms with Crippen molar-refractivity contribution in [2.24, 2.45) is 11.1 Å². The summed E-state index contributed by atoms with van der Waals surface area (Å²) in [6, 6.07) is 9.46. The normalized spacial score (nSPS) is 21.4. The van der Waals surface area contributed by atoms with Gasteiger partial charge in [0.15, 0.2) is 5.82 Å². The molecular weight excluding hydrogens is 348 g/mol. The molecule has 1 aliphatic heterocycles. The largest absolute Gasteiger partial charge is 0.330 e. The fourth-order valence-corrected chi connectivity index (χ4v) is 4.17. The maximum Gasteiger partial charge on any atom is 0.246 e. The average molecular weight is 369 g/mol. The Morgan fingerprint density at radius 1 is 1.21 bits per heavy atom. The summed E-state index contributed by atoms with van der Waals surface area (Å²) in [4.78, 5) is 8.53. The van der Waals surface area contributed by atoms with Crippen LogP contribution in [-0.2, 0) is 10.0 Å². The molecule has 1 fully saturated rings. The van der Waals surface area contributed by atoms with E-state index >= 15 is 0 Å². The number of benzene rings is 1. The summed E-state index contributed by atoms with van der Waals surface area (Å²) in [6.07, 6.45) is 3.53. The van der Waals surface area contributed by atoms with E-state index in [1.807, 2.05) is 37.3 Å². The van der Waals surface area contributed by atoms with E-state index in [4.69, 9.17) is 5.73 Å². The number of rotatable bonds is 4. The molecule has 130 valence electrons. The van der Waals surface area contributed by atoms with Gasteiger partial charge in [-0.3, -0.25) is 0 Å². The molecule has 2 N–H and O–H groups in total. The second-order valence-electron chi connectivity index (χ2n) is 6.21. The minimum absolute atomic E-state index is 0. The lowest BCUT2D eigenvalue weighted by atomic mass is 9.90. The zero-order valence-corrected chi connectivity index (χ0v) is 15.1. The van der Waals surface area contributed by atoms with E-state index < -0.39 is 10.0 Å². The van der Waals surface area contributed by atoms with Gasteiger partial charge in [0.05, 0.1) is 12.4 Å². The minimum Gasteiger partial charge on any atom is -0.330 e. The van der Waals surface area contributed by atoms with Crippen LogP contribution in [-0.4, -0.2) is 42.3 Å². The van der Waals surface area contributed by atoms with Gasteiger partial charge in [0, 0.05) is 18.7 Å². The number of nitrogens with zero attached hydrogens (tertiary/aromatic N) is 3. The van der Waals surface area contributed by atoms with E-state index in [-0.39, 0.29) is 22.7 Å². The van der Waals surface area contributed by atoms with Crippen molar-refractivity contribution in [3.8, 4) is 11.4 Å². The first-order valence-electron chi connectivity index (χ1n) is 7.52. The Bertz CT molecular complexity index is 783. The molecule has 8 heteroatoms. The van der Waals surface area contributed by atoms with Gasteiger partial charge in [-0.15, -0.1) is 12.4 Å². The zero-order chi connectivity index (χ0) is 16.5. The molecule has 0 amide bonds. The Hall–Kier alpha value is -1.54. The molecule has 1 aromatic heterocycles. The molecule has 0 saturated carbocycles. The zero-order valence-electron chi connectivity index (χ0n) is 13.4. The number of hydrogen-bond donors (Lipinski definition) is 1. The molecule has 0 bridgehead atoms. The summed E-state index contributed by atoms with van der Waals surface area (Å²) < 4.78 is 26.9. The van der Waals surface area contributed by atoms with Gasteiger partial charge < -0.3 is 5.73 Å². The monoisotopic (exact) mass is 368 g/mol. The molecule has 1 atom stereocenters. The molecule has 1 saturated heterocycles. The maximum absolute atomic E-state index is 12.7. The van der Waals surface area contributed by atoms with Gasteiger partial charge >= 0.3 is 0 Å². The van der Waals surface area contributed by atoms with E-state index in [9.17, 15) is 8.42 Å². The standard InChI is InChI=1S/C16H20N4O2S.ClH/c1-16(11-17)7-8-20(12-16)23(21,22)14-9-18-15(19-10-14)13-5-3-2-4-6-13;/h2-6,9-10H,7-8,11-12,17H2,1H3;1H. The van der Waals surface area contributed by atoms with E-state index in [0.29, 0.717) is 25.5 Å². The summed E-state index contributed by atoms with van der Waals surface area (Å²) in [7, 11) is -3.57. The van der Waals surface area contributed by atoms with Gasteiger partial charge in [-0.1, -0.05) is 37.3 Å². The SMILES string of the molecule is CC1(CN)CCN(S(=O)(=O)c2cnc(-c3ccccc3)nc2)C1.Cl. The second kappa shape index (κ2) is 7.14. The fourth-order valence-electron chi connectivity index (χ4n) is 2.69. The predicted molar refractivity (Wildman–Crippen MR) is 95.3 cm³/mol. The van der Waals surface area contributed by atoms with Crippen molar-refractivity contribution in [2.75, 3.05) is 19.6 Å². The quantitative estimate of drug-likeness (QED) is 0.890. The van der Waals surface area contributed by atoms with Crippen molar-refractivity contribution < 1.29 is 8.42 Å². The van der Waals surface area contributed by atoms with E-state index in [1.54, 1.807) is 0 Å². The highest BCUT2D eigenvalue weighted by molar-refractivity contribution is 7.89. The minimum atomic E-state index is -3.57. The first-order chi connectivity index (χ1) is 10.9. The first kappa shape index (κ1) is 18.8. The van der Waals surface area contributed by atoms with Crippen LogP contribution in [0.4, 0.5) is 0 Å². The third kappa shape index (κ3) is 3.59. The lowest BCUT2D eigenvalue weighted by Gasteiger charge is -2.22. The third-order valence-electron chi connectivity index (χ3n) is 4.31. The van der Waals surface area contributed by atoms with Crippen LogP contribution in [0.3, 0.4) is 0 Å². The molecular formula is C16H21ClN4O2S. The van der Waals surface area contributed by atoms with Crippen LogP contribution < -0.4 is 5.73 Å². The van der Waals surface area contributed by atoms with Crippen LogP contribution in [0.15, 0.2) is 47.6 Å². The van der Waals surface area contributed by atoms with E-state index in [1.165, 1.54) is 16.7 Å². The van der Waals surface area contributed by atoms with Gasteiger partial charge in [-0.2, -0.15) is 4.31 Å². The van der Waals surface area contributed by atoms with Crippen LogP contribution in [0.1, 0.15) is 13.3 Å². The molecule has 0 spiro atoms. The molecule has 1 aromatic carbocycles.